The number of hydrogen-bond donors (Lipinski definition) is 3. The van der Waals surface area contributed by atoms with E-state index in [1.54, 1.807) is 0 Å². The maximum absolute atomic E-state index is 12.0. The Morgan fingerprint density at radius 3 is 1.78 bits per heavy atom. The highest BCUT2D eigenvalue weighted by molar-refractivity contribution is 5.95. The van der Waals surface area contributed by atoms with Crippen LogP contribution < -0.4 is 10.6 Å². The number of carbonyl (C=O) groups excluding carboxylic acids is 2. The number of benzene rings is 2. The van der Waals surface area contributed by atoms with Crippen LogP contribution in [0.15, 0.2) is 54.6 Å². The van der Waals surface area contributed by atoms with Gasteiger partial charge in [0.05, 0.1) is 32.0 Å². The Morgan fingerprint density at radius 1 is 0.667 bits per heavy atom. The molecule has 3 N–H and O–H groups in total. The molecule has 0 bridgehead atoms. The molecule has 10 heteroatoms. The van der Waals surface area contributed by atoms with Gasteiger partial charge in [0.25, 0.3) is 5.91 Å². The fourth-order valence-electron chi connectivity index (χ4n) is 2.92. The van der Waals surface area contributed by atoms with E-state index < -0.39 is 12.1 Å². The summed E-state index contributed by atoms with van der Waals surface area (Å²) in [5, 5.41) is 14.3. The van der Waals surface area contributed by atoms with Crippen molar-refractivity contribution in [3.05, 3.63) is 71.3 Å². The maximum Gasteiger partial charge on any atom is 0.407 e. The van der Waals surface area contributed by atoms with Crippen LogP contribution in [0, 0.1) is 0 Å². The van der Waals surface area contributed by atoms with Crippen LogP contribution in [0.5, 0.6) is 0 Å². The molecule has 2 aromatic rings. The molecular weight excluding hydrogens is 468 g/mol. The van der Waals surface area contributed by atoms with Crippen molar-refractivity contribution < 1.29 is 38.4 Å². The highest BCUT2D eigenvalue weighted by Crippen LogP contribution is 2.04. The number of amides is 2. The number of ether oxygens (including phenoxy) is 4. The molecule has 2 aromatic carbocycles. The zero-order valence-corrected chi connectivity index (χ0v) is 20.3. The minimum Gasteiger partial charge on any atom is -0.478 e. The van der Waals surface area contributed by atoms with Gasteiger partial charge in [0.2, 0.25) is 0 Å². The van der Waals surface area contributed by atoms with Gasteiger partial charge in [-0.2, -0.15) is 0 Å². The second-order valence-electron chi connectivity index (χ2n) is 7.67. The number of carboxylic acids is 1. The molecule has 0 spiro atoms. The molecule has 0 saturated carbocycles. The van der Waals surface area contributed by atoms with Crippen LogP contribution in [0.1, 0.15) is 39.1 Å². The molecule has 0 atom stereocenters. The fourth-order valence-corrected chi connectivity index (χ4v) is 2.92. The maximum atomic E-state index is 12.0. The zero-order chi connectivity index (χ0) is 25.8. The Labute approximate surface area is 210 Å². The number of carbonyl (C=O) groups is 3. The standard InChI is InChI=1S/C26H34N2O8/c29-24(22-8-10-23(11-9-22)25(30)31)27-12-4-14-33-16-18-35-19-17-34-15-5-13-28-26(32)36-20-21-6-2-1-3-7-21/h1-3,6-11H,4-5,12-20H2,(H,27,29)(H,28,32)(H,30,31). The highest BCUT2D eigenvalue weighted by Gasteiger charge is 2.07. The predicted molar refractivity (Wildman–Crippen MR) is 132 cm³/mol. The lowest BCUT2D eigenvalue weighted by Gasteiger charge is -2.09. The highest BCUT2D eigenvalue weighted by atomic mass is 16.6. The topological polar surface area (TPSA) is 132 Å². The largest absolute Gasteiger partial charge is 0.478 e. The number of nitrogens with one attached hydrogen (secondary N) is 2. The molecule has 2 amide bonds. The van der Waals surface area contributed by atoms with E-state index in [1.165, 1.54) is 24.3 Å². The summed E-state index contributed by atoms with van der Waals surface area (Å²) in [6.07, 6.45) is 0.876. The first-order valence-electron chi connectivity index (χ1n) is 11.9. The van der Waals surface area contributed by atoms with Crippen LogP contribution in [0.3, 0.4) is 0 Å². The molecule has 36 heavy (non-hydrogen) atoms. The third kappa shape index (κ3) is 12.8. The van der Waals surface area contributed by atoms with Crippen LogP contribution in [0.25, 0.3) is 0 Å². The minimum atomic E-state index is -1.03. The van der Waals surface area contributed by atoms with E-state index in [0.29, 0.717) is 71.1 Å². The van der Waals surface area contributed by atoms with Crippen molar-refractivity contribution in [2.24, 2.45) is 0 Å². The first kappa shape index (κ1) is 28.8. The molecule has 0 aliphatic rings. The third-order valence-corrected chi connectivity index (χ3v) is 4.84. The zero-order valence-electron chi connectivity index (χ0n) is 20.3. The molecular formula is C26H34N2O8. The van der Waals surface area contributed by atoms with Gasteiger partial charge in [-0.25, -0.2) is 9.59 Å². The van der Waals surface area contributed by atoms with Crippen LogP contribution in [-0.2, 0) is 25.6 Å². The van der Waals surface area contributed by atoms with Gasteiger partial charge in [0, 0.05) is 31.9 Å². The van der Waals surface area contributed by atoms with Crippen LogP contribution in [0.4, 0.5) is 4.79 Å². The summed E-state index contributed by atoms with van der Waals surface area (Å²) in [5.74, 6) is -1.28. The summed E-state index contributed by atoms with van der Waals surface area (Å²) in [6, 6.07) is 15.3. The number of alkyl carbamates (subject to hydrolysis) is 1. The SMILES string of the molecule is O=C(NCCCOCCOCCOCCCNC(=O)c1ccc(C(=O)O)cc1)OCc1ccccc1. The van der Waals surface area contributed by atoms with Crippen molar-refractivity contribution in [1.29, 1.82) is 0 Å². The Hall–Kier alpha value is -3.47. The predicted octanol–water partition coefficient (Wildman–Crippen LogP) is 2.87. The molecule has 196 valence electrons. The molecule has 0 aliphatic heterocycles. The molecule has 0 aliphatic carbocycles. The van der Waals surface area contributed by atoms with Gasteiger partial charge in [-0.15, -0.1) is 0 Å². The molecule has 2 rings (SSSR count). The molecule has 10 nitrogen and oxygen atoms in total. The Balaban J connectivity index is 1.32. The second kappa shape index (κ2) is 17.9. The Bertz CT molecular complexity index is 906. The monoisotopic (exact) mass is 502 g/mol. The smallest absolute Gasteiger partial charge is 0.407 e. The van der Waals surface area contributed by atoms with Crippen LogP contribution in [0.2, 0.25) is 0 Å². The quantitative estimate of drug-likeness (QED) is 0.265. The second-order valence-corrected chi connectivity index (χ2v) is 7.67. The van der Waals surface area contributed by atoms with Gasteiger partial charge < -0.3 is 34.7 Å². The van der Waals surface area contributed by atoms with E-state index >= 15 is 0 Å². The average Bonchev–Trinajstić information content (AvgIpc) is 2.90. The summed E-state index contributed by atoms with van der Waals surface area (Å²) >= 11 is 0. The van der Waals surface area contributed by atoms with E-state index in [9.17, 15) is 14.4 Å². The van der Waals surface area contributed by atoms with E-state index in [2.05, 4.69) is 10.6 Å². The molecule has 0 aromatic heterocycles. The fraction of sp³-hybridized carbons (Fsp3) is 0.423. The average molecular weight is 503 g/mol. The molecule has 0 fully saturated rings. The van der Waals surface area contributed by atoms with Gasteiger partial charge in [0.15, 0.2) is 0 Å². The lowest BCUT2D eigenvalue weighted by Crippen LogP contribution is -2.26. The van der Waals surface area contributed by atoms with E-state index in [-0.39, 0.29) is 18.1 Å². The lowest BCUT2D eigenvalue weighted by molar-refractivity contribution is 0.0138. The lowest BCUT2D eigenvalue weighted by atomic mass is 10.1. The van der Waals surface area contributed by atoms with Crippen LogP contribution in [-0.4, -0.2) is 75.8 Å². The van der Waals surface area contributed by atoms with Gasteiger partial charge in [-0.05, 0) is 42.7 Å². The van der Waals surface area contributed by atoms with Crippen molar-refractivity contribution >= 4 is 18.0 Å². The van der Waals surface area contributed by atoms with E-state index in [0.717, 1.165) is 5.56 Å². The van der Waals surface area contributed by atoms with Crippen molar-refractivity contribution in [3.63, 3.8) is 0 Å². The summed E-state index contributed by atoms with van der Waals surface area (Å²) in [7, 11) is 0. The van der Waals surface area contributed by atoms with Gasteiger partial charge in [-0.3, -0.25) is 4.79 Å². The summed E-state index contributed by atoms with van der Waals surface area (Å²) < 4.78 is 21.5. The summed E-state index contributed by atoms with van der Waals surface area (Å²) in [6.45, 7) is 3.96. The van der Waals surface area contributed by atoms with Crippen molar-refractivity contribution in [1.82, 2.24) is 10.6 Å². The first-order chi connectivity index (χ1) is 17.6. The normalized spacial score (nSPS) is 10.6. The molecule has 0 radical (unpaired) electrons. The van der Waals surface area contributed by atoms with E-state index in [4.69, 9.17) is 24.1 Å². The van der Waals surface area contributed by atoms with Crippen molar-refractivity contribution in [3.8, 4) is 0 Å². The minimum absolute atomic E-state index is 0.139. The Kier molecular flexibility index (Phi) is 14.3. The number of rotatable bonds is 18. The first-order valence-corrected chi connectivity index (χ1v) is 11.9. The molecule has 0 heterocycles. The van der Waals surface area contributed by atoms with Crippen LogP contribution >= 0.6 is 0 Å². The number of carboxylic acid groups (broad SMARTS) is 1. The number of hydrogen-bond acceptors (Lipinski definition) is 7. The van der Waals surface area contributed by atoms with Gasteiger partial charge in [-0.1, -0.05) is 30.3 Å². The van der Waals surface area contributed by atoms with Gasteiger partial charge >= 0.3 is 12.1 Å². The Morgan fingerprint density at radius 2 is 1.19 bits per heavy atom. The van der Waals surface area contributed by atoms with Crippen molar-refractivity contribution in [2.75, 3.05) is 52.7 Å². The molecule has 0 unspecified atom stereocenters. The number of aromatic carboxylic acids is 1. The van der Waals surface area contributed by atoms with Crippen molar-refractivity contribution in [2.45, 2.75) is 19.4 Å². The third-order valence-electron chi connectivity index (χ3n) is 4.84. The summed E-state index contributed by atoms with van der Waals surface area (Å²) in [4.78, 5) is 34.4. The van der Waals surface area contributed by atoms with E-state index in [1.807, 2.05) is 30.3 Å². The van der Waals surface area contributed by atoms with Gasteiger partial charge in [0.1, 0.15) is 6.61 Å². The summed E-state index contributed by atoms with van der Waals surface area (Å²) in [5.41, 5.74) is 1.49. The molecule has 0 saturated heterocycles.